The molecule has 0 spiro atoms. The van der Waals surface area contributed by atoms with Crippen LogP contribution in [0.5, 0.6) is 0 Å². The average Bonchev–Trinajstić information content (AvgIpc) is 2.81. The molecule has 1 aromatic carbocycles. The van der Waals surface area contributed by atoms with Crippen LogP contribution in [0.3, 0.4) is 0 Å². The molecule has 0 amide bonds. The number of rotatable bonds is 3. The van der Waals surface area contributed by atoms with Crippen LogP contribution in [0, 0.1) is 0 Å². The van der Waals surface area contributed by atoms with Crippen molar-refractivity contribution in [1.82, 2.24) is 10.1 Å². The predicted octanol–water partition coefficient (Wildman–Crippen LogP) is 4.73. The third kappa shape index (κ3) is 2.73. The number of halogens is 3. The molecule has 0 saturated carbocycles. The highest BCUT2D eigenvalue weighted by molar-refractivity contribution is 6.42. The summed E-state index contributed by atoms with van der Waals surface area (Å²) >= 11 is 17.8. The van der Waals surface area contributed by atoms with Gasteiger partial charge >= 0.3 is 0 Å². The molecule has 17 heavy (non-hydrogen) atoms. The predicted molar refractivity (Wildman–Crippen MR) is 68.6 cm³/mol. The minimum Gasteiger partial charge on any atom is -0.334 e. The first kappa shape index (κ1) is 12.7. The molecule has 1 aromatic heterocycles. The van der Waals surface area contributed by atoms with E-state index in [1.807, 2.05) is 6.92 Å². The molecule has 0 fully saturated rings. The van der Waals surface area contributed by atoms with Gasteiger partial charge in [-0.05, 0) is 24.6 Å². The van der Waals surface area contributed by atoms with Crippen molar-refractivity contribution < 1.29 is 4.52 Å². The third-order valence-corrected chi connectivity index (χ3v) is 3.49. The van der Waals surface area contributed by atoms with E-state index in [1.165, 1.54) is 0 Å². The summed E-state index contributed by atoms with van der Waals surface area (Å²) in [5, 5.41) is 4.51. The quantitative estimate of drug-likeness (QED) is 0.767. The van der Waals surface area contributed by atoms with Crippen molar-refractivity contribution in [3.63, 3.8) is 0 Å². The molecule has 90 valence electrons. The summed E-state index contributed by atoms with van der Waals surface area (Å²) in [6.07, 6.45) is 0.738. The Labute approximate surface area is 114 Å². The third-order valence-electron chi connectivity index (χ3n) is 2.25. The van der Waals surface area contributed by atoms with Crippen molar-refractivity contribution in [3.8, 4) is 11.5 Å². The molecule has 0 aliphatic rings. The molecule has 1 atom stereocenters. The maximum Gasteiger partial charge on any atom is 0.258 e. The van der Waals surface area contributed by atoms with Crippen molar-refractivity contribution >= 4 is 34.8 Å². The van der Waals surface area contributed by atoms with E-state index in [0.29, 0.717) is 21.8 Å². The lowest BCUT2D eigenvalue weighted by Crippen LogP contribution is -1.90. The Morgan fingerprint density at radius 2 is 2.06 bits per heavy atom. The molecule has 2 aromatic rings. The van der Waals surface area contributed by atoms with E-state index in [-0.39, 0.29) is 5.38 Å². The van der Waals surface area contributed by atoms with Crippen LogP contribution in [-0.2, 0) is 0 Å². The zero-order chi connectivity index (χ0) is 12.4. The van der Waals surface area contributed by atoms with Gasteiger partial charge in [-0.1, -0.05) is 35.3 Å². The molecule has 1 heterocycles. The van der Waals surface area contributed by atoms with E-state index < -0.39 is 0 Å². The van der Waals surface area contributed by atoms with E-state index in [9.17, 15) is 0 Å². The molecule has 0 aliphatic carbocycles. The first-order chi connectivity index (χ1) is 8.11. The van der Waals surface area contributed by atoms with Crippen LogP contribution < -0.4 is 0 Å². The molecule has 0 aliphatic heterocycles. The monoisotopic (exact) mass is 290 g/mol. The van der Waals surface area contributed by atoms with Crippen molar-refractivity contribution in [2.75, 3.05) is 0 Å². The summed E-state index contributed by atoms with van der Waals surface area (Å²) < 4.78 is 5.12. The second kappa shape index (κ2) is 5.25. The van der Waals surface area contributed by atoms with Crippen LogP contribution in [-0.4, -0.2) is 10.1 Å². The summed E-state index contributed by atoms with van der Waals surface area (Å²) in [7, 11) is 0. The fourth-order valence-electron chi connectivity index (χ4n) is 1.29. The molecule has 2 rings (SSSR count). The van der Waals surface area contributed by atoms with Crippen LogP contribution in [0.25, 0.3) is 11.5 Å². The highest BCUT2D eigenvalue weighted by Crippen LogP contribution is 2.29. The van der Waals surface area contributed by atoms with E-state index in [1.54, 1.807) is 18.2 Å². The summed E-state index contributed by atoms with van der Waals surface area (Å²) in [4.78, 5) is 4.21. The second-order valence-electron chi connectivity index (χ2n) is 3.46. The van der Waals surface area contributed by atoms with Gasteiger partial charge in [-0.2, -0.15) is 4.98 Å². The smallest absolute Gasteiger partial charge is 0.258 e. The van der Waals surface area contributed by atoms with Gasteiger partial charge in [0.25, 0.3) is 5.89 Å². The standard InChI is InChI=1S/C11H9Cl3N2O/c1-2-7(12)10-15-11(17-16-10)6-3-4-8(13)9(14)5-6/h3-5,7H,2H2,1H3. The van der Waals surface area contributed by atoms with Gasteiger partial charge in [0.1, 0.15) is 0 Å². The van der Waals surface area contributed by atoms with Gasteiger partial charge in [-0.25, -0.2) is 0 Å². The number of benzene rings is 1. The van der Waals surface area contributed by atoms with Gasteiger partial charge in [0, 0.05) is 5.56 Å². The molecule has 0 saturated heterocycles. The van der Waals surface area contributed by atoms with E-state index in [2.05, 4.69) is 10.1 Å². The van der Waals surface area contributed by atoms with Crippen LogP contribution in [0.2, 0.25) is 10.0 Å². The number of hydrogen-bond donors (Lipinski definition) is 0. The largest absolute Gasteiger partial charge is 0.334 e. The minimum atomic E-state index is -0.240. The summed E-state index contributed by atoms with van der Waals surface area (Å²) in [5.41, 5.74) is 0.720. The number of aromatic nitrogens is 2. The van der Waals surface area contributed by atoms with Crippen LogP contribution in [0.1, 0.15) is 24.5 Å². The first-order valence-corrected chi connectivity index (χ1v) is 6.24. The lowest BCUT2D eigenvalue weighted by Gasteiger charge is -1.98. The van der Waals surface area contributed by atoms with E-state index in [4.69, 9.17) is 39.3 Å². The van der Waals surface area contributed by atoms with Gasteiger partial charge < -0.3 is 4.52 Å². The SMILES string of the molecule is CCC(Cl)c1noc(-c2ccc(Cl)c(Cl)c2)n1. The highest BCUT2D eigenvalue weighted by Gasteiger charge is 2.15. The molecular formula is C11H9Cl3N2O. The maximum atomic E-state index is 6.02. The van der Waals surface area contributed by atoms with Gasteiger partial charge in [0.05, 0.1) is 15.4 Å². The van der Waals surface area contributed by atoms with Gasteiger partial charge in [0.15, 0.2) is 5.82 Å². The van der Waals surface area contributed by atoms with Crippen LogP contribution in [0.4, 0.5) is 0 Å². The Hall–Kier alpha value is -0.770. The number of nitrogens with zero attached hydrogens (tertiary/aromatic N) is 2. The van der Waals surface area contributed by atoms with Crippen molar-refractivity contribution in [2.24, 2.45) is 0 Å². The Balaban J connectivity index is 2.33. The van der Waals surface area contributed by atoms with E-state index in [0.717, 1.165) is 12.0 Å². The minimum absolute atomic E-state index is 0.240. The van der Waals surface area contributed by atoms with Gasteiger partial charge in [-0.15, -0.1) is 11.6 Å². The Morgan fingerprint density at radius 3 is 2.71 bits per heavy atom. The lowest BCUT2D eigenvalue weighted by atomic mass is 10.2. The molecule has 0 bridgehead atoms. The molecule has 3 nitrogen and oxygen atoms in total. The summed E-state index contributed by atoms with van der Waals surface area (Å²) in [5.74, 6) is 0.868. The number of hydrogen-bond acceptors (Lipinski definition) is 3. The average molecular weight is 292 g/mol. The summed E-state index contributed by atoms with van der Waals surface area (Å²) in [6, 6.07) is 5.12. The molecule has 0 radical (unpaired) electrons. The zero-order valence-corrected chi connectivity index (χ0v) is 11.2. The fourth-order valence-corrected chi connectivity index (χ4v) is 1.68. The Morgan fingerprint density at radius 1 is 1.29 bits per heavy atom. The number of alkyl halides is 1. The Bertz CT molecular complexity index is 527. The molecule has 1 unspecified atom stereocenters. The van der Waals surface area contributed by atoms with Gasteiger partial charge in [-0.3, -0.25) is 0 Å². The fraction of sp³-hybridized carbons (Fsp3) is 0.273. The van der Waals surface area contributed by atoms with Crippen LogP contribution in [0.15, 0.2) is 22.7 Å². The molecular weight excluding hydrogens is 282 g/mol. The molecule has 0 N–H and O–H groups in total. The van der Waals surface area contributed by atoms with Gasteiger partial charge in [0.2, 0.25) is 0 Å². The maximum absolute atomic E-state index is 6.02. The normalized spacial score (nSPS) is 12.7. The van der Waals surface area contributed by atoms with Crippen molar-refractivity contribution in [2.45, 2.75) is 18.7 Å². The molecule has 6 heteroatoms. The zero-order valence-electron chi connectivity index (χ0n) is 8.95. The second-order valence-corrected chi connectivity index (χ2v) is 4.80. The lowest BCUT2D eigenvalue weighted by molar-refractivity contribution is 0.421. The first-order valence-electron chi connectivity index (χ1n) is 5.05. The van der Waals surface area contributed by atoms with Crippen LogP contribution >= 0.6 is 34.8 Å². The van der Waals surface area contributed by atoms with Crippen molar-refractivity contribution in [1.29, 1.82) is 0 Å². The Kier molecular flexibility index (Phi) is 3.92. The highest BCUT2D eigenvalue weighted by atomic mass is 35.5. The summed E-state index contributed by atoms with van der Waals surface area (Å²) in [6.45, 7) is 1.95. The topological polar surface area (TPSA) is 38.9 Å². The van der Waals surface area contributed by atoms with Crippen molar-refractivity contribution in [3.05, 3.63) is 34.1 Å². The van der Waals surface area contributed by atoms with E-state index >= 15 is 0 Å².